The first kappa shape index (κ1) is 11.8. The third-order valence-electron chi connectivity index (χ3n) is 3.35. The van der Waals surface area contributed by atoms with Gasteiger partial charge in [0.2, 0.25) is 0 Å². The van der Waals surface area contributed by atoms with Gasteiger partial charge >= 0.3 is 0 Å². The Morgan fingerprint density at radius 3 is 2.88 bits per heavy atom. The van der Waals surface area contributed by atoms with E-state index < -0.39 is 0 Å². The molecule has 0 aromatic heterocycles. The minimum absolute atomic E-state index is 0.0229. The number of β-amino-alcohol motifs (C(OH)–C–C–N with tert-alkyl or cyclic N) is 1. The molecule has 0 saturated carbocycles. The number of amides is 1. The molecule has 3 N–H and O–H groups in total. The Morgan fingerprint density at radius 2 is 2.25 bits per heavy atom. The Hall–Kier alpha value is -0.650. The molecular weight excluding hydrogens is 208 g/mol. The number of carbonyl (C=O) groups is 1. The van der Waals surface area contributed by atoms with E-state index in [1.165, 1.54) is 0 Å². The van der Waals surface area contributed by atoms with Crippen molar-refractivity contribution in [2.75, 3.05) is 19.6 Å². The van der Waals surface area contributed by atoms with Crippen molar-refractivity contribution in [1.29, 1.82) is 0 Å². The molecule has 3 unspecified atom stereocenters. The number of nitrogens with two attached hydrogens (primary N) is 1. The maximum atomic E-state index is 12.1. The number of aliphatic hydroxyl groups is 1. The quantitative estimate of drug-likeness (QED) is 0.666. The smallest absolute Gasteiger partial charge is 0.251 e. The van der Waals surface area contributed by atoms with Gasteiger partial charge in [0.1, 0.15) is 6.10 Å². The molecule has 2 aliphatic heterocycles. The third-order valence-corrected chi connectivity index (χ3v) is 3.35. The van der Waals surface area contributed by atoms with E-state index >= 15 is 0 Å². The van der Waals surface area contributed by atoms with Crippen molar-refractivity contribution in [3.8, 4) is 0 Å². The molecule has 2 fully saturated rings. The van der Waals surface area contributed by atoms with Gasteiger partial charge in [0.15, 0.2) is 0 Å². The van der Waals surface area contributed by atoms with Gasteiger partial charge in [-0.25, -0.2) is 0 Å². The van der Waals surface area contributed by atoms with Crippen molar-refractivity contribution in [1.82, 2.24) is 4.90 Å². The van der Waals surface area contributed by atoms with Crippen LogP contribution in [0.15, 0.2) is 0 Å². The summed E-state index contributed by atoms with van der Waals surface area (Å²) in [6.45, 7) is 1.67. The van der Waals surface area contributed by atoms with Crippen LogP contribution in [-0.4, -0.2) is 53.9 Å². The minimum atomic E-state index is -0.371. The number of hydrogen-bond donors (Lipinski definition) is 2. The topological polar surface area (TPSA) is 75.8 Å². The molecule has 5 heteroatoms. The second kappa shape index (κ2) is 5.12. The molecule has 0 radical (unpaired) electrons. The molecule has 2 aliphatic rings. The predicted molar refractivity (Wildman–Crippen MR) is 58.8 cm³/mol. The van der Waals surface area contributed by atoms with Crippen LogP contribution < -0.4 is 5.73 Å². The van der Waals surface area contributed by atoms with Crippen molar-refractivity contribution < 1.29 is 14.6 Å². The Bertz CT molecular complexity index is 260. The monoisotopic (exact) mass is 228 g/mol. The van der Waals surface area contributed by atoms with Crippen LogP contribution in [0.3, 0.4) is 0 Å². The summed E-state index contributed by atoms with van der Waals surface area (Å²) in [5.74, 6) is 0.0229. The lowest BCUT2D eigenvalue weighted by Gasteiger charge is -2.31. The fourth-order valence-electron chi connectivity index (χ4n) is 2.42. The Balaban J connectivity index is 1.87. The highest BCUT2D eigenvalue weighted by atomic mass is 16.5. The van der Waals surface area contributed by atoms with E-state index in [1.54, 1.807) is 4.90 Å². The fraction of sp³-hybridized carbons (Fsp3) is 0.909. The minimum Gasteiger partial charge on any atom is -0.391 e. The maximum absolute atomic E-state index is 12.1. The number of hydrogen-bond acceptors (Lipinski definition) is 4. The molecule has 0 spiro atoms. The molecule has 0 aromatic carbocycles. The van der Waals surface area contributed by atoms with E-state index in [-0.39, 0.29) is 24.2 Å². The van der Waals surface area contributed by atoms with E-state index in [0.29, 0.717) is 13.1 Å². The van der Waals surface area contributed by atoms with Crippen LogP contribution in [0.1, 0.15) is 25.7 Å². The van der Waals surface area contributed by atoms with Gasteiger partial charge in [-0.05, 0) is 25.7 Å². The van der Waals surface area contributed by atoms with E-state index in [4.69, 9.17) is 10.5 Å². The molecule has 2 heterocycles. The van der Waals surface area contributed by atoms with Gasteiger partial charge in [0.05, 0.1) is 12.2 Å². The zero-order valence-electron chi connectivity index (χ0n) is 9.47. The lowest BCUT2D eigenvalue weighted by atomic mass is 10.1. The number of aliphatic hydroxyl groups excluding tert-OH is 1. The molecule has 3 atom stereocenters. The number of carbonyl (C=O) groups excluding carboxylic acids is 1. The second-order valence-corrected chi connectivity index (χ2v) is 4.64. The number of nitrogens with zero attached hydrogens (tertiary/aromatic N) is 1. The molecule has 92 valence electrons. The molecular formula is C11H20N2O3. The van der Waals surface area contributed by atoms with E-state index in [1.807, 2.05) is 0 Å². The van der Waals surface area contributed by atoms with Crippen molar-refractivity contribution in [3.05, 3.63) is 0 Å². The van der Waals surface area contributed by atoms with Gasteiger partial charge in [-0.15, -0.1) is 0 Å². The van der Waals surface area contributed by atoms with Gasteiger partial charge in [-0.1, -0.05) is 0 Å². The Kier molecular flexibility index (Phi) is 3.78. The standard InChI is InChI=1S/C11H20N2O3/c12-6-9-3-4-10(16-9)11(15)13-5-1-2-8(14)7-13/h8-10,14H,1-7,12H2. The van der Waals surface area contributed by atoms with Crippen molar-refractivity contribution >= 4 is 5.91 Å². The van der Waals surface area contributed by atoms with Crippen molar-refractivity contribution in [2.45, 2.75) is 44.0 Å². The number of rotatable bonds is 2. The molecule has 1 amide bonds. The molecule has 2 saturated heterocycles. The molecule has 2 rings (SSSR count). The fourth-order valence-corrected chi connectivity index (χ4v) is 2.42. The lowest BCUT2D eigenvalue weighted by Crippen LogP contribution is -2.46. The Morgan fingerprint density at radius 1 is 1.44 bits per heavy atom. The first-order valence-corrected chi connectivity index (χ1v) is 6.03. The van der Waals surface area contributed by atoms with Gasteiger partial charge in [-0.2, -0.15) is 0 Å². The molecule has 0 aliphatic carbocycles. The molecule has 0 aromatic rings. The van der Waals surface area contributed by atoms with Crippen molar-refractivity contribution in [3.63, 3.8) is 0 Å². The number of likely N-dealkylation sites (tertiary alicyclic amines) is 1. The van der Waals surface area contributed by atoms with Crippen molar-refractivity contribution in [2.24, 2.45) is 5.73 Å². The first-order chi connectivity index (χ1) is 7.70. The summed E-state index contributed by atoms with van der Waals surface area (Å²) in [6.07, 6.45) is 2.61. The van der Waals surface area contributed by atoms with Crippen LogP contribution in [-0.2, 0) is 9.53 Å². The SMILES string of the molecule is NCC1CCC(C(=O)N2CCCC(O)C2)O1. The first-order valence-electron chi connectivity index (χ1n) is 6.03. The summed E-state index contributed by atoms with van der Waals surface area (Å²) in [4.78, 5) is 13.8. The highest BCUT2D eigenvalue weighted by molar-refractivity contribution is 5.81. The largest absolute Gasteiger partial charge is 0.391 e. The summed E-state index contributed by atoms with van der Waals surface area (Å²) in [5, 5.41) is 9.51. The molecule has 5 nitrogen and oxygen atoms in total. The Labute approximate surface area is 95.5 Å². The third kappa shape index (κ3) is 2.53. The van der Waals surface area contributed by atoms with Gasteiger partial charge in [0, 0.05) is 19.6 Å². The number of piperidine rings is 1. The van der Waals surface area contributed by atoms with Gasteiger partial charge < -0.3 is 20.5 Å². The highest BCUT2D eigenvalue weighted by Crippen LogP contribution is 2.22. The second-order valence-electron chi connectivity index (χ2n) is 4.64. The van der Waals surface area contributed by atoms with Crippen LogP contribution in [0.25, 0.3) is 0 Å². The zero-order valence-corrected chi connectivity index (χ0v) is 9.47. The summed E-state index contributed by atoms with van der Waals surface area (Å²) in [5.41, 5.74) is 5.51. The van der Waals surface area contributed by atoms with Crippen LogP contribution in [0.5, 0.6) is 0 Å². The van der Waals surface area contributed by atoms with Gasteiger partial charge in [0.25, 0.3) is 5.91 Å². The highest BCUT2D eigenvalue weighted by Gasteiger charge is 2.34. The summed E-state index contributed by atoms with van der Waals surface area (Å²) in [6, 6.07) is 0. The summed E-state index contributed by atoms with van der Waals surface area (Å²) < 4.78 is 5.56. The van der Waals surface area contributed by atoms with Crippen LogP contribution >= 0.6 is 0 Å². The van der Waals surface area contributed by atoms with Crippen LogP contribution in [0.2, 0.25) is 0 Å². The normalized spacial score (nSPS) is 35.4. The van der Waals surface area contributed by atoms with Gasteiger partial charge in [-0.3, -0.25) is 4.79 Å². The average Bonchev–Trinajstić information content (AvgIpc) is 2.76. The van der Waals surface area contributed by atoms with E-state index in [2.05, 4.69) is 0 Å². The average molecular weight is 228 g/mol. The van der Waals surface area contributed by atoms with E-state index in [9.17, 15) is 9.90 Å². The zero-order chi connectivity index (χ0) is 11.5. The number of ether oxygens (including phenoxy) is 1. The molecule has 0 bridgehead atoms. The van der Waals surface area contributed by atoms with E-state index in [0.717, 1.165) is 32.2 Å². The summed E-state index contributed by atoms with van der Waals surface area (Å²) >= 11 is 0. The summed E-state index contributed by atoms with van der Waals surface area (Å²) in [7, 11) is 0. The maximum Gasteiger partial charge on any atom is 0.251 e. The molecule has 16 heavy (non-hydrogen) atoms. The lowest BCUT2D eigenvalue weighted by molar-refractivity contribution is -0.145. The predicted octanol–water partition coefficient (Wildman–Crippen LogP) is -0.524. The van der Waals surface area contributed by atoms with Crippen LogP contribution in [0, 0.1) is 0 Å². The van der Waals surface area contributed by atoms with Crippen LogP contribution in [0.4, 0.5) is 0 Å².